The summed E-state index contributed by atoms with van der Waals surface area (Å²) in [5, 5.41) is 4.40. The highest BCUT2D eigenvalue weighted by atomic mass is 79.9. The normalized spacial score (nSPS) is 18.9. The molecule has 1 atom stereocenters. The summed E-state index contributed by atoms with van der Waals surface area (Å²) in [5.74, 6) is 0.334. The molecule has 1 fully saturated rings. The van der Waals surface area contributed by atoms with E-state index in [0.717, 1.165) is 35.0 Å². The molecule has 21 heavy (non-hydrogen) atoms. The average Bonchev–Trinajstić information content (AvgIpc) is 2.93. The van der Waals surface area contributed by atoms with Gasteiger partial charge >= 0.3 is 0 Å². The Labute approximate surface area is 132 Å². The summed E-state index contributed by atoms with van der Waals surface area (Å²) in [6, 6.07) is 8.00. The van der Waals surface area contributed by atoms with Gasteiger partial charge in [-0.15, -0.1) is 0 Å². The van der Waals surface area contributed by atoms with E-state index < -0.39 is 0 Å². The molecule has 1 aliphatic rings. The number of piperidine rings is 1. The third-order valence-electron chi connectivity index (χ3n) is 3.96. The molecule has 4 nitrogen and oxygen atoms in total. The van der Waals surface area contributed by atoms with E-state index >= 15 is 0 Å². The first-order chi connectivity index (χ1) is 10.1. The Morgan fingerprint density at radius 2 is 2.33 bits per heavy atom. The number of para-hydroxylation sites is 1. The molecule has 1 aromatic carbocycles. The van der Waals surface area contributed by atoms with Crippen molar-refractivity contribution in [2.75, 3.05) is 20.1 Å². The van der Waals surface area contributed by atoms with Crippen molar-refractivity contribution in [3.8, 4) is 0 Å². The van der Waals surface area contributed by atoms with Crippen molar-refractivity contribution in [3.05, 3.63) is 34.5 Å². The van der Waals surface area contributed by atoms with Crippen molar-refractivity contribution in [2.24, 2.45) is 0 Å². The first kappa shape index (κ1) is 14.6. The second-order valence-corrected chi connectivity index (χ2v) is 6.46. The largest absolute Gasteiger partial charge is 0.450 e. The molecule has 0 saturated carbocycles. The molecule has 1 aromatic heterocycles. The van der Waals surface area contributed by atoms with Crippen molar-refractivity contribution < 1.29 is 9.21 Å². The SMILES string of the molecule is CN(CC1CCCCN1)C(=O)c1cc2cccc(Br)c2o1. The van der Waals surface area contributed by atoms with E-state index in [1.165, 1.54) is 12.8 Å². The molecule has 1 aliphatic heterocycles. The van der Waals surface area contributed by atoms with Crippen LogP contribution in [0.15, 0.2) is 33.2 Å². The second kappa shape index (κ2) is 6.20. The van der Waals surface area contributed by atoms with Gasteiger partial charge in [-0.3, -0.25) is 4.79 Å². The van der Waals surface area contributed by atoms with Gasteiger partial charge in [0, 0.05) is 25.0 Å². The first-order valence-electron chi connectivity index (χ1n) is 7.32. The molecule has 1 N–H and O–H groups in total. The lowest BCUT2D eigenvalue weighted by Gasteiger charge is -2.27. The van der Waals surface area contributed by atoms with E-state index in [-0.39, 0.29) is 5.91 Å². The molecule has 1 unspecified atom stereocenters. The number of rotatable bonds is 3. The van der Waals surface area contributed by atoms with Crippen LogP contribution < -0.4 is 5.32 Å². The average molecular weight is 351 g/mol. The summed E-state index contributed by atoms with van der Waals surface area (Å²) in [5.41, 5.74) is 0.727. The number of fused-ring (bicyclic) bond motifs is 1. The lowest BCUT2D eigenvalue weighted by molar-refractivity contribution is 0.0746. The zero-order valence-corrected chi connectivity index (χ0v) is 13.6. The van der Waals surface area contributed by atoms with Crippen molar-refractivity contribution in [1.82, 2.24) is 10.2 Å². The quantitative estimate of drug-likeness (QED) is 0.922. The summed E-state index contributed by atoms with van der Waals surface area (Å²) >= 11 is 3.45. The van der Waals surface area contributed by atoms with Crippen LogP contribution in [0.3, 0.4) is 0 Å². The third-order valence-corrected chi connectivity index (χ3v) is 4.58. The standard InChI is InChI=1S/C16H19BrN2O2/c1-19(10-12-6-2-3-8-18-12)16(20)14-9-11-5-4-7-13(17)15(11)21-14/h4-5,7,9,12,18H,2-3,6,8,10H2,1H3. The van der Waals surface area contributed by atoms with Gasteiger partial charge in [0.05, 0.1) is 4.47 Å². The molecule has 0 radical (unpaired) electrons. The van der Waals surface area contributed by atoms with Crippen LogP contribution >= 0.6 is 15.9 Å². The Morgan fingerprint density at radius 1 is 1.48 bits per heavy atom. The third kappa shape index (κ3) is 3.14. The van der Waals surface area contributed by atoms with E-state index in [2.05, 4.69) is 21.2 Å². The smallest absolute Gasteiger partial charge is 0.289 e. The fourth-order valence-electron chi connectivity index (χ4n) is 2.81. The van der Waals surface area contributed by atoms with Gasteiger partial charge < -0.3 is 14.6 Å². The maximum Gasteiger partial charge on any atom is 0.289 e. The molecule has 2 heterocycles. The predicted octanol–water partition coefficient (Wildman–Crippen LogP) is 3.41. The molecule has 0 bridgehead atoms. The highest BCUT2D eigenvalue weighted by Crippen LogP contribution is 2.27. The number of carbonyl (C=O) groups is 1. The van der Waals surface area contributed by atoms with Gasteiger partial charge in [-0.1, -0.05) is 18.6 Å². The maximum atomic E-state index is 12.5. The molecule has 0 spiro atoms. The number of benzene rings is 1. The molecule has 1 amide bonds. The van der Waals surface area contributed by atoms with Crippen LogP contribution in [0.2, 0.25) is 0 Å². The van der Waals surface area contributed by atoms with E-state index in [1.807, 2.05) is 31.3 Å². The molecule has 0 aliphatic carbocycles. The van der Waals surface area contributed by atoms with Crippen molar-refractivity contribution >= 4 is 32.8 Å². The van der Waals surface area contributed by atoms with E-state index in [1.54, 1.807) is 4.90 Å². The van der Waals surface area contributed by atoms with Crippen LogP contribution in [-0.2, 0) is 0 Å². The summed E-state index contributed by atoms with van der Waals surface area (Å²) in [4.78, 5) is 14.2. The fraction of sp³-hybridized carbons (Fsp3) is 0.438. The van der Waals surface area contributed by atoms with Gasteiger partial charge in [0.15, 0.2) is 5.76 Å². The van der Waals surface area contributed by atoms with Crippen molar-refractivity contribution in [2.45, 2.75) is 25.3 Å². The maximum absolute atomic E-state index is 12.5. The lowest BCUT2D eigenvalue weighted by Crippen LogP contribution is -2.44. The van der Waals surface area contributed by atoms with Gasteiger partial charge in [-0.05, 0) is 47.4 Å². The van der Waals surface area contributed by atoms with Crippen LogP contribution in [0.5, 0.6) is 0 Å². The summed E-state index contributed by atoms with van der Waals surface area (Å²) in [6.45, 7) is 1.77. The number of furan rings is 1. The molecule has 2 aromatic rings. The Balaban J connectivity index is 1.74. The number of halogens is 1. The van der Waals surface area contributed by atoms with E-state index in [0.29, 0.717) is 11.8 Å². The van der Waals surface area contributed by atoms with Crippen molar-refractivity contribution in [3.63, 3.8) is 0 Å². The number of likely N-dealkylation sites (N-methyl/N-ethyl adjacent to an activating group) is 1. The Bertz CT molecular complexity index is 647. The fourth-order valence-corrected chi connectivity index (χ4v) is 3.28. The topological polar surface area (TPSA) is 45.5 Å². The van der Waals surface area contributed by atoms with Crippen LogP contribution in [-0.4, -0.2) is 37.0 Å². The Hall–Kier alpha value is -1.33. The molecular weight excluding hydrogens is 332 g/mol. The van der Waals surface area contributed by atoms with Gasteiger partial charge in [0.1, 0.15) is 5.58 Å². The van der Waals surface area contributed by atoms with Crippen LogP contribution in [0, 0.1) is 0 Å². The molecule has 1 saturated heterocycles. The lowest BCUT2D eigenvalue weighted by atomic mass is 10.0. The van der Waals surface area contributed by atoms with Crippen LogP contribution in [0.4, 0.5) is 0 Å². The van der Waals surface area contributed by atoms with E-state index in [4.69, 9.17) is 4.42 Å². The number of carbonyl (C=O) groups excluding carboxylic acids is 1. The minimum absolute atomic E-state index is 0.0644. The molecule has 3 rings (SSSR count). The Kier molecular flexibility index (Phi) is 4.31. The van der Waals surface area contributed by atoms with Gasteiger partial charge in [0.2, 0.25) is 0 Å². The molecule has 5 heteroatoms. The van der Waals surface area contributed by atoms with Gasteiger partial charge in [-0.2, -0.15) is 0 Å². The van der Waals surface area contributed by atoms with Crippen molar-refractivity contribution in [1.29, 1.82) is 0 Å². The monoisotopic (exact) mass is 350 g/mol. The second-order valence-electron chi connectivity index (χ2n) is 5.60. The number of hydrogen-bond donors (Lipinski definition) is 1. The number of hydrogen-bond acceptors (Lipinski definition) is 3. The minimum Gasteiger partial charge on any atom is -0.450 e. The highest BCUT2D eigenvalue weighted by molar-refractivity contribution is 9.10. The number of nitrogens with one attached hydrogen (secondary N) is 1. The van der Waals surface area contributed by atoms with E-state index in [9.17, 15) is 4.79 Å². The summed E-state index contributed by atoms with van der Waals surface area (Å²) in [6.07, 6.45) is 3.59. The van der Waals surface area contributed by atoms with Crippen LogP contribution in [0.1, 0.15) is 29.8 Å². The zero-order valence-electron chi connectivity index (χ0n) is 12.1. The summed E-state index contributed by atoms with van der Waals surface area (Å²) < 4.78 is 6.58. The van der Waals surface area contributed by atoms with Gasteiger partial charge in [0.25, 0.3) is 5.91 Å². The minimum atomic E-state index is -0.0644. The molecular formula is C16H19BrN2O2. The predicted molar refractivity (Wildman–Crippen MR) is 86.5 cm³/mol. The molecule has 112 valence electrons. The number of amides is 1. The number of nitrogens with zero attached hydrogens (tertiary/aromatic N) is 1. The zero-order chi connectivity index (χ0) is 14.8. The Morgan fingerprint density at radius 3 is 3.05 bits per heavy atom. The van der Waals surface area contributed by atoms with Gasteiger partial charge in [-0.25, -0.2) is 0 Å². The van der Waals surface area contributed by atoms with Crippen LogP contribution in [0.25, 0.3) is 11.0 Å². The summed E-state index contributed by atoms with van der Waals surface area (Å²) in [7, 11) is 1.83. The first-order valence-corrected chi connectivity index (χ1v) is 8.11. The highest BCUT2D eigenvalue weighted by Gasteiger charge is 2.21.